The average molecular weight is 423 g/mol. The van der Waals surface area contributed by atoms with E-state index in [1.54, 1.807) is 11.8 Å². The zero-order valence-corrected chi connectivity index (χ0v) is 17.7. The van der Waals surface area contributed by atoms with E-state index in [0.29, 0.717) is 51.9 Å². The minimum absolute atomic E-state index is 0.0184. The summed E-state index contributed by atoms with van der Waals surface area (Å²) in [5, 5.41) is 5.96. The molecule has 8 nitrogen and oxygen atoms in total. The molecule has 0 aliphatic carbocycles. The summed E-state index contributed by atoms with van der Waals surface area (Å²) in [7, 11) is -3.15. The molecule has 0 aromatic heterocycles. The summed E-state index contributed by atoms with van der Waals surface area (Å²) in [6.07, 6.45) is 2.56. The van der Waals surface area contributed by atoms with Gasteiger partial charge in [-0.25, -0.2) is 17.5 Å². The van der Waals surface area contributed by atoms with E-state index in [1.807, 2.05) is 30.3 Å². The van der Waals surface area contributed by atoms with Gasteiger partial charge in [-0.15, -0.1) is 0 Å². The summed E-state index contributed by atoms with van der Waals surface area (Å²) in [5.74, 6) is 0.0265. The molecule has 0 unspecified atom stereocenters. The number of hydrogen-bond donors (Lipinski definition) is 2. The Morgan fingerprint density at radius 3 is 2.21 bits per heavy atom. The lowest BCUT2D eigenvalue weighted by Crippen LogP contribution is -2.50. The van der Waals surface area contributed by atoms with E-state index >= 15 is 0 Å². The number of urea groups is 1. The lowest BCUT2D eigenvalue weighted by atomic mass is 9.95. The molecule has 2 saturated heterocycles. The number of anilines is 1. The van der Waals surface area contributed by atoms with E-state index in [4.69, 9.17) is 0 Å². The molecule has 0 spiro atoms. The van der Waals surface area contributed by atoms with Gasteiger partial charge < -0.3 is 15.5 Å². The smallest absolute Gasteiger partial charge is 0.321 e. The molecule has 0 radical (unpaired) electrons. The number of carbonyl (C=O) groups is 2. The fourth-order valence-corrected chi connectivity index (χ4v) is 4.98. The lowest BCUT2D eigenvalue weighted by Gasteiger charge is -2.34. The third-order valence-corrected chi connectivity index (χ3v) is 7.62. The third kappa shape index (κ3) is 5.70. The number of piperidine rings is 2. The quantitative estimate of drug-likeness (QED) is 0.757. The number of amides is 3. The highest BCUT2D eigenvalue weighted by Gasteiger charge is 2.31. The van der Waals surface area contributed by atoms with Gasteiger partial charge in [0.05, 0.1) is 5.75 Å². The van der Waals surface area contributed by atoms with Crippen LogP contribution in [0, 0.1) is 5.92 Å². The van der Waals surface area contributed by atoms with Gasteiger partial charge in [0.25, 0.3) is 0 Å². The SMILES string of the molecule is CCS(=O)(=O)N1CCC(NC(=O)C2CCN(C(=O)Nc3ccccc3)CC2)CC1. The Balaban J connectivity index is 1.41. The monoisotopic (exact) mass is 422 g/mol. The van der Waals surface area contributed by atoms with E-state index in [1.165, 1.54) is 4.31 Å². The van der Waals surface area contributed by atoms with Crippen LogP contribution in [-0.4, -0.2) is 67.5 Å². The second-order valence-electron chi connectivity index (χ2n) is 7.64. The van der Waals surface area contributed by atoms with Crippen molar-refractivity contribution in [1.82, 2.24) is 14.5 Å². The Hall–Kier alpha value is -2.13. The molecule has 2 aliphatic heterocycles. The normalized spacial score (nSPS) is 19.7. The van der Waals surface area contributed by atoms with Crippen LogP contribution in [0.3, 0.4) is 0 Å². The van der Waals surface area contributed by atoms with Crippen LogP contribution in [0.4, 0.5) is 10.5 Å². The van der Waals surface area contributed by atoms with Gasteiger partial charge in [-0.3, -0.25) is 4.79 Å². The van der Waals surface area contributed by atoms with Gasteiger partial charge in [0.15, 0.2) is 0 Å². The Labute approximate surface area is 172 Å². The molecule has 1 aromatic carbocycles. The van der Waals surface area contributed by atoms with Gasteiger partial charge in [0.2, 0.25) is 15.9 Å². The molecule has 29 heavy (non-hydrogen) atoms. The molecule has 0 saturated carbocycles. The highest BCUT2D eigenvalue weighted by atomic mass is 32.2. The van der Waals surface area contributed by atoms with Crippen molar-refractivity contribution in [2.45, 2.75) is 38.6 Å². The molecule has 2 N–H and O–H groups in total. The predicted molar refractivity (Wildman–Crippen MR) is 112 cm³/mol. The van der Waals surface area contributed by atoms with Crippen molar-refractivity contribution in [1.29, 1.82) is 0 Å². The molecule has 3 amide bonds. The second-order valence-corrected chi connectivity index (χ2v) is 9.90. The van der Waals surface area contributed by atoms with E-state index in [-0.39, 0.29) is 29.7 Å². The first-order chi connectivity index (χ1) is 13.9. The van der Waals surface area contributed by atoms with Crippen LogP contribution in [0.25, 0.3) is 0 Å². The molecule has 160 valence electrons. The van der Waals surface area contributed by atoms with Crippen molar-refractivity contribution in [2.75, 3.05) is 37.2 Å². The summed E-state index contributed by atoms with van der Waals surface area (Å²) in [5.41, 5.74) is 0.758. The summed E-state index contributed by atoms with van der Waals surface area (Å²) in [6.45, 7) is 3.65. The molecule has 2 fully saturated rings. The van der Waals surface area contributed by atoms with E-state index < -0.39 is 10.0 Å². The largest absolute Gasteiger partial charge is 0.353 e. The fraction of sp³-hybridized carbons (Fsp3) is 0.600. The topological polar surface area (TPSA) is 98.8 Å². The number of carbonyl (C=O) groups excluding carboxylic acids is 2. The number of nitrogens with one attached hydrogen (secondary N) is 2. The third-order valence-electron chi connectivity index (χ3n) is 5.74. The molecule has 2 heterocycles. The van der Waals surface area contributed by atoms with Gasteiger partial charge >= 0.3 is 6.03 Å². The first-order valence-corrected chi connectivity index (χ1v) is 11.9. The van der Waals surface area contributed by atoms with E-state index in [0.717, 1.165) is 5.69 Å². The molecule has 3 rings (SSSR count). The molecular formula is C20H30N4O4S. The molecule has 2 aliphatic rings. The highest BCUT2D eigenvalue weighted by Crippen LogP contribution is 2.20. The van der Waals surface area contributed by atoms with Crippen LogP contribution in [-0.2, 0) is 14.8 Å². The number of sulfonamides is 1. The minimum Gasteiger partial charge on any atom is -0.353 e. The van der Waals surface area contributed by atoms with Crippen LogP contribution in [0.5, 0.6) is 0 Å². The molecule has 1 aromatic rings. The predicted octanol–water partition coefficient (Wildman–Crippen LogP) is 1.86. The number of likely N-dealkylation sites (tertiary alicyclic amines) is 1. The van der Waals surface area contributed by atoms with Crippen LogP contribution in [0.15, 0.2) is 30.3 Å². The van der Waals surface area contributed by atoms with Crippen LogP contribution >= 0.6 is 0 Å². The number of benzene rings is 1. The van der Waals surface area contributed by atoms with Crippen molar-refractivity contribution in [3.63, 3.8) is 0 Å². The van der Waals surface area contributed by atoms with Crippen LogP contribution < -0.4 is 10.6 Å². The zero-order chi connectivity index (χ0) is 20.9. The molecule has 9 heteroatoms. The first-order valence-electron chi connectivity index (χ1n) is 10.3. The zero-order valence-electron chi connectivity index (χ0n) is 16.8. The Morgan fingerprint density at radius 2 is 1.62 bits per heavy atom. The van der Waals surface area contributed by atoms with Crippen molar-refractivity contribution in [3.05, 3.63) is 30.3 Å². The number of nitrogens with zero attached hydrogens (tertiary/aromatic N) is 2. The Bertz CT molecular complexity index is 799. The van der Waals surface area contributed by atoms with Crippen molar-refractivity contribution in [3.8, 4) is 0 Å². The van der Waals surface area contributed by atoms with Crippen LogP contribution in [0.2, 0.25) is 0 Å². The maximum Gasteiger partial charge on any atom is 0.321 e. The Kier molecular flexibility index (Phi) is 7.13. The van der Waals surface area contributed by atoms with Crippen LogP contribution in [0.1, 0.15) is 32.6 Å². The molecule has 0 atom stereocenters. The number of rotatable bonds is 5. The average Bonchev–Trinajstić information content (AvgIpc) is 2.75. The Morgan fingerprint density at radius 1 is 1.00 bits per heavy atom. The maximum absolute atomic E-state index is 12.6. The summed E-state index contributed by atoms with van der Waals surface area (Å²) < 4.78 is 25.4. The number of para-hydroxylation sites is 1. The van der Waals surface area contributed by atoms with E-state index in [2.05, 4.69) is 10.6 Å². The second kappa shape index (κ2) is 9.58. The van der Waals surface area contributed by atoms with Crippen molar-refractivity contribution < 1.29 is 18.0 Å². The van der Waals surface area contributed by atoms with Gasteiger partial charge in [0, 0.05) is 43.8 Å². The molecule has 0 bridgehead atoms. The van der Waals surface area contributed by atoms with Gasteiger partial charge in [0.1, 0.15) is 0 Å². The summed E-state index contributed by atoms with van der Waals surface area (Å²) in [4.78, 5) is 26.7. The highest BCUT2D eigenvalue weighted by molar-refractivity contribution is 7.89. The fourth-order valence-electron chi connectivity index (χ4n) is 3.85. The van der Waals surface area contributed by atoms with E-state index in [9.17, 15) is 18.0 Å². The maximum atomic E-state index is 12.6. The van der Waals surface area contributed by atoms with Crippen molar-refractivity contribution in [2.24, 2.45) is 5.92 Å². The standard InChI is InChI=1S/C20H30N4O4S/c1-2-29(27,28)24-14-10-18(11-15-24)21-19(25)16-8-12-23(13-9-16)20(26)22-17-6-4-3-5-7-17/h3-7,16,18H,2,8-15H2,1H3,(H,21,25)(H,22,26). The van der Waals surface area contributed by atoms with Crippen molar-refractivity contribution >= 4 is 27.6 Å². The van der Waals surface area contributed by atoms with Gasteiger partial charge in [-0.2, -0.15) is 0 Å². The summed E-state index contributed by atoms with van der Waals surface area (Å²) >= 11 is 0. The summed E-state index contributed by atoms with van der Waals surface area (Å²) in [6, 6.07) is 9.20. The minimum atomic E-state index is -3.15. The first kappa shape index (κ1) is 21.6. The number of hydrogen-bond acceptors (Lipinski definition) is 4. The van der Waals surface area contributed by atoms with Gasteiger partial charge in [-0.05, 0) is 44.7 Å². The molecular weight excluding hydrogens is 392 g/mol. The van der Waals surface area contributed by atoms with Gasteiger partial charge in [-0.1, -0.05) is 18.2 Å². The lowest BCUT2D eigenvalue weighted by molar-refractivity contribution is -0.127.